The molecular formula is C16H26N4O2+2. The molecule has 6 nitrogen and oxygen atoms in total. The van der Waals surface area contributed by atoms with Gasteiger partial charge in [0.2, 0.25) is 5.69 Å². The molecule has 1 aliphatic rings. The lowest BCUT2D eigenvalue weighted by Crippen LogP contribution is -2.43. The maximum absolute atomic E-state index is 12.1. The van der Waals surface area contributed by atoms with Gasteiger partial charge in [0, 0.05) is 31.9 Å². The first-order valence-corrected chi connectivity index (χ1v) is 7.83. The molecule has 0 unspecified atom stereocenters. The third-order valence-corrected chi connectivity index (χ3v) is 4.43. The summed E-state index contributed by atoms with van der Waals surface area (Å²) in [6.07, 6.45) is 6.72. The van der Waals surface area contributed by atoms with Crippen LogP contribution in [0, 0.1) is 0 Å². The van der Waals surface area contributed by atoms with E-state index in [1.807, 2.05) is 7.05 Å². The highest BCUT2D eigenvalue weighted by atomic mass is 16.4. The van der Waals surface area contributed by atoms with E-state index >= 15 is 0 Å². The average molecular weight is 306 g/mol. The summed E-state index contributed by atoms with van der Waals surface area (Å²) >= 11 is 0. The molecule has 0 aliphatic carbocycles. The van der Waals surface area contributed by atoms with Gasteiger partial charge in [0.05, 0.1) is 26.7 Å². The van der Waals surface area contributed by atoms with Gasteiger partial charge in [-0.25, -0.2) is 0 Å². The quantitative estimate of drug-likeness (QED) is 0.203. The summed E-state index contributed by atoms with van der Waals surface area (Å²) < 4.78 is 2.89. The molecule has 1 aromatic rings. The fraction of sp³-hybridized carbons (Fsp3) is 0.562. The maximum atomic E-state index is 12.1. The van der Waals surface area contributed by atoms with Crippen molar-refractivity contribution in [3.05, 3.63) is 29.6 Å². The largest absolute Gasteiger partial charge is 0.411 e. The van der Waals surface area contributed by atoms with Crippen molar-refractivity contribution in [1.82, 2.24) is 5.32 Å². The van der Waals surface area contributed by atoms with Crippen LogP contribution in [0.2, 0.25) is 0 Å². The third-order valence-electron chi connectivity index (χ3n) is 4.43. The van der Waals surface area contributed by atoms with E-state index < -0.39 is 0 Å². The fourth-order valence-corrected chi connectivity index (χ4v) is 3.03. The van der Waals surface area contributed by atoms with Crippen molar-refractivity contribution in [2.24, 2.45) is 12.2 Å². The first-order chi connectivity index (χ1) is 10.5. The van der Waals surface area contributed by atoms with Crippen molar-refractivity contribution in [2.45, 2.75) is 19.3 Å². The Kier molecular flexibility index (Phi) is 5.49. The number of likely N-dealkylation sites (tertiary alicyclic amines) is 1. The zero-order valence-electron chi connectivity index (χ0n) is 13.5. The number of nitrogens with zero attached hydrogens (tertiary/aromatic N) is 3. The molecule has 1 fully saturated rings. The number of carbonyl (C=O) groups excluding carboxylic acids is 1. The van der Waals surface area contributed by atoms with E-state index in [9.17, 15) is 4.79 Å². The van der Waals surface area contributed by atoms with E-state index in [1.54, 1.807) is 22.9 Å². The van der Waals surface area contributed by atoms with Crippen LogP contribution in [0.25, 0.3) is 0 Å². The highest BCUT2D eigenvalue weighted by Gasteiger charge is 2.25. The summed E-state index contributed by atoms with van der Waals surface area (Å²) in [7, 11) is 4.11. The number of hydrogen-bond donors (Lipinski definition) is 2. The number of pyridine rings is 1. The van der Waals surface area contributed by atoms with Crippen molar-refractivity contribution in [3.63, 3.8) is 0 Å². The van der Waals surface area contributed by atoms with Gasteiger partial charge in [0.25, 0.3) is 5.91 Å². The smallest absolute Gasteiger partial charge is 0.257 e. The monoisotopic (exact) mass is 306 g/mol. The van der Waals surface area contributed by atoms with Crippen LogP contribution in [-0.4, -0.2) is 55.0 Å². The maximum Gasteiger partial charge on any atom is 0.257 e. The van der Waals surface area contributed by atoms with E-state index in [0.717, 1.165) is 23.1 Å². The number of amides is 1. The molecule has 0 saturated carbocycles. The molecule has 0 radical (unpaired) electrons. The van der Waals surface area contributed by atoms with Gasteiger partial charge in [-0.1, -0.05) is 5.16 Å². The minimum atomic E-state index is -0.0628. The van der Waals surface area contributed by atoms with Crippen molar-refractivity contribution in [2.75, 3.05) is 33.2 Å². The molecule has 0 bridgehead atoms. The molecule has 1 amide bonds. The Hall–Kier alpha value is -1.95. The van der Waals surface area contributed by atoms with Crippen LogP contribution in [-0.2, 0) is 7.05 Å². The number of aryl methyl sites for hydroxylation is 1. The van der Waals surface area contributed by atoms with Gasteiger partial charge >= 0.3 is 0 Å². The van der Waals surface area contributed by atoms with Gasteiger partial charge < -0.3 is 15.0 Å². The minimum Gasteiger partial charge on any atom is -0.411 e. The molecule has 2 heterocycles. The average Bonchev–Trinajstić information content (AvgIpc) is 2.93. The predicted octanol–water partition coefficient (Wildman–Crippen LogP) is 0.680. The Morgan fingerprint density at radius 2 is 2.18 bits per heavy atom. The number of oxime groups is 1. The fourth-order valence-electron chi connectivity index (χ4n) is 3.03. The Labute approximate surface area is 131 Å². The molecule has 1 aromatic heterocycles. The van der Waals surface area contributed by atoms with E-state index in [-0.39, 0.29) is 5.91 Å². The number of rotatable bonds is 6. The molecule has 1 saturated heterocycles. The lowest BCUT2D eigenvalue weighted by molar-refractivity contribution is -0.897. The van der Waals surface area contributed by atoms with Gasteiger partial charge in [-0.3, -0.25) is 4.79 Å². The first-order valence-electron chi connectivity index (χ1n) is 7.83. The van der Waals surface area contributed by atoms with Gasteiger partial charge in [0.15, 0.2) is 6.20 Å². The molecule has 0 atom stereocenters. The summed E-state index contributed by atoms with van der Waals surface area (Å²) in [5.41, 5.74) is 1.34. The van der Waals surface area contributed by atoms with Crippen LogP contribution in [0.15, 0.2) is 23.5 Å². The summed E-state index contributed by atoms with van der Waals surface area (Å²) in [5, 5.41) is 14.5. The molecule has 2 N–H and O–H groups in total. The molecule has 1 aliphatic heterocycles. The molecule has 120 valence electrons. The highest BCUT2D eigenvalue weighted by molar-refractivity contribution is 5.93. The van der Waals surface area contributed by atoms with Crippen LogP contribution in [0.5, 0.6) is 0 Å². The van der Waals surface area contributed by atoms with Gasteiger partial charge in [0.1, 0.15) is 18.8 Å². The molecule has 2 rings (SSSR count). The van der Waals surface area contributed by atoms with Crippen molar-refractivity contribution in [1.29, 1.82) is 0 Å². The summed E-state index contributed by atoms with van der Waals surface area (Å²) in [5.74, 6) is -0.0628. The second kappa shape index (κ2) is 7.35. The van der Waals surface area contributed by atoms with Crippen molar-refractivity contribution >= 4 is 12.1 Å². The van der Waals surface area contributed by atoms with Crippen LogP contribution in [0.3, 0.4) is 0 Å². The van der Waals surface area contributed by atoms with Crippen LogP contribution in [0.1, 0.15) is 35.3 Å². The molecule has 0 aromatic carbocycles. The zero-order chi connectivity index (χ0) is 16.0. The Morgan fingerprint density at radius 1 is 1.45 bits per heavy atom. The van der Waals surface area contributed by atoms with Crippen molar-refractivity contribution in [3.8, 4) is 0 Å². The highest BCUT2D eigenvalue weighted by Crippen LogP contribution is 2.16. The van der Waals surface area contributed by atoms with Crippen molar-refractivity contribution < 1.29 is 19.1 Å². The first kappa shape index (κ1) is 16.4. The minimum absolute atomic E-state index is 0.0628. The number of quaternary nitrogens is 1. The second-order valence-electron chi connectivity index (χ2n) is 6.30. The lowest BCUT2D eigenvalue weighted by atomic mass is 10.2. The van der Waals surface area contributed by atoms with Crippen LogP contribution >= 0.6 is 0 Å². The summed E-state index contributed by atoms with van der Waals surface area (Å²) in [6, 6.07) is 3.49. The number of aromatic nitrogens is 1. The van der Waals surface area contributed by atoms with Gasteiger partial charge in [-0.2, -0.15) is 4.57 Å². The van der Waals surface area contributed by atoms with E-state index in [1.165, 1.54) is 32.1 Å². The molecule has 22 heavy (non-hydrogen) atoms. The summed E-state index contributed by atoms with van der Waals surface area (Å²) in [6.45, 7) is 4.35. The molecule has 0 spiro atoms. The summed E-state index contributed by atoms with van der Waals surface area (Å²) in [4.78, 5) is 12.1. The SMILES string of the molecule is C[n+]1cc(C(=O)NCCC[N+]2(C)CCCC2)ccc1/C=N\O. The van der Waals surface area contributed by atoms with Gasteiger partial charge in [-0.15, -0.1) is 0 Å². The van der Waals surface area contributed by atoms with E-state index in [4.69, 9.17) is 5.21 Å². The molecule has 6 heteroatoms. The van der Waals surface area contributed by atoms with Crippen LogP contribution in [0.4, 0.5) is 0 Å². The van der Waals surface area contributed by atoms with E-state index in [2.05, 4.69) is 17.5 Å². The number of hydrogen-bond acceptors (Lipinski definition) is 3. The molecular weight excluding hydrogens is 280 g/mol. The zero-order valence-corrected chi connectivity index (χ0v) is 13.5. The topological polar surface area (TPSA) is 65.6 Å². The Bertz CT molecular complexity index is 551. The third kappa shape index (κ3) is 4.27. The Morgan fingerprint density at radius 3 is 2.82 bits per heavy atom. The predicted molar refractivity (Wildman–Crippen MR) is 84.0 cm³/mol. The van der Waals surface area contributed by atoms with E-state index in [0.29, 0.717) is 12.1 Å². The standard InChI is InChI=1S/C16H24N4O2/c1-19-13-14(6-7-15(19)12-18-22)16(21)17-8-5-11-20(2)9-3-4-10-20/h6-7,12-13H,3-5,8-11H2,1-2H3/p+2. The van der Waals surface area contributed by atoms with Gasteiger partial charge in [-0.05, 0) is 6.07 Å². The van der Waals surface area contributed by atoms with Crippen LogP contribution < -0.4 is 9.88 Å². The lowest BCUT2D eigenvalue weighted by Gasteiger charge is -2.29. The number of nitrogens with one attached hydrogen (secondary N) is 1. The normalized spacial score (nSPS) is 17.0. The number of carbonyl (C=O) groups is 1. The Balaban J connectivity index is 1.81. The second-order valence-corrected chi connectivity index (χ2v) is 6.30.